The molecule has 7 nitrogen and oxygen atoms in total. The molecular formula is C16H13Cl2N5O2S. The van der Waals surface area contributed by atoms with Crippen molar-refractivity contribution in [3.63, 3.8) is 0 Å². The summed E-state index contributed by atoms with van der Waals surface area (Å²) in [5, 5.41) is 3.93. The number of aromatic nitrogens is 3. The zero-order chi connectivity index (χ0) is 18.1. The predicted octanol–water partition coefficient (Wildman–Crippen LogP) is 3.48. The monoisotopic (exact) mass is 409 g/mol. The van der Waals surface area contributed by atoms with E-state index in [2.05, 4.69) is 25.2 Å². The lowest BCUT2D eigenvalue weighted by Crippen LogP contribution is -2.37. The van der Waals surface area contributed by atoms with Gasteiger partial charge in [-0.05, 0) is 18.2 Å². The summed E-state index contributed by atoms with van der Waals surface area (Å²) in [5.41, 5.74) is 0.958. The average Bonchev–Trinajstić information content (AvgIpc) is 3.03. The van der Waals surface area contributed by atoms with Crippen LogP contribution in [-0.4, -0.2) is 47.2 Å². The number of ether oxygens (including phenoxy) is 1. The highest BCUT2D eigenvalue weighted by molar-refractivity contribution is 7.22. The van der Waals surface area contributed by atoms with Crippen molar-refractivity contribution >= 4 is 61.9 Å². The van der Waals surface area contributed by atoms with Crippen molar-refractivity contribution in [2.45, 2.75) is 0 Å². The van der Waals surface area contributed by atoms with Gasteiger partial charge in [-0.3, -0.25) is 10.1 Å². The van der Waals surface area contributed by atoms with Crippen LogP contribution in [0.3, 0.4) is 0 Å². The molecule has 0 saturated carbocycles. The summed E-state index contributed by atoms with van der Waals surface area (Å²) in [4.78, 5) is 28.4. The Hall–Kier alpha value is -2.00. The van der Waals surface area contributed by atoms with Gasteiger partial charge in [0.05, 0.1) is 30.0 Å². The number of amides is 1. The molecule has 1 amide bonds. The summed E-state index contributed by atoms with van der Waals surface area (Å²) in [6.45, 7) is 2.83. The van der Waals surface area contributed by atoms with E-state index in [-0.39, 0.29) is 10.9 Å². The molecule has 0 spiro atoms. The zero-order valence-corrected chi connectivity index (χ0v) is 15.7. The number of carbonyl (C=O) groups excluding carboxylic acids is 1. The molecule has 0 unspecified atom stereocenters. The average molecular weight is 410 g/mol. The van der Waals surface area contributed by atoms with Crippen LogP contribution in [0.1, 0.15) is 10.4 Å². The largest absolute Gasteiger partial charge is 0.378 e. The van der Waals surface area contributed by atoms with Crippen molar-refractivity contribution in [3.05, 3.63) is 40.0 Å². The van der Waals surface area contributed by atoms with Gasteiger partial charge in [-0.25, -0.2) is 9.97 Å². The Morgan fingerprint density at radius 3 is 2.81 bits per heavy atom. The summed E-state index contributed by atoms with van der Waals surface area (Å²) in [6.07, 6.45) is 1.66. The maximum absolute atomic E-state index is 12.4. The third-order valence-corrected chi connectivity index (χ3v) is 5.26. The molecule has 0 atom stereocenters. The van der Waals surface area contributed by atoms with E-state index in [0.29, 0.717) is 45.2 Å². The van der Waals surface area contributed by atoms with Gasteiger partial charge in [-0.15, -0.1) is 0 Å². The van der Waals surface area contributed by atoms with Crippen molar-refractivity contribution in [1.29, 1.82) is 0 Å². The van der Waals surface area contributed by atoms with E-state index in [0.717, 1.165) is 13.1 Å². The third-order valence-electron chi connectivity index (χ3n) is 3.83. The molecule has 3 heterocycles. The van der Waals surface area contributed by atoms with Gasteiger partial charge < -0.3 is 9.64 Å². The van der Waals surface area contributed by atoms with E-state index in [1.807, 2.05) is 0 Å². The van der Waals surface area contributed by atoms with Crippen molar-refractivity contribution in [1.82, 2.24) is 15.0 Å². The number of halogens is 2. The van der Waals surface area contributed by atoms with E-state index in [1.54, 1.807) is 18.3 Å². The smallest absolute Gasteiger partial charge is 0.258 e. The number of anilines is 2. The quantitative estimate of drug-likeness (QED) is 0.712. The highest BCUT2D eigenvalue weighted by atomic mass is 35.5. The number of nitrogens with one attached hydrogen (secondary N) is 1. The van der Waals surface area contributed by atoms with Crippen LogP contribution in [0.25, 0.3) is 10.3 Å². The van der Waals surface area contributed by atoms with Crippen LogP contribution in [0.4, 0.5) is 11.1 Å². The summed E-state index contributed by atoms with van der Waals surface area (Å²) >= 11 is 13.2. The fraction of sp³-hybridized carbons (Fsp3) is 0.250. The Labute approximate surface area is 162 Å². The number of nitrogens with zero attached hydrogens (tertiary/aromatic N) is 4. The van der Waals surface area contributed by atoms with E-state index in [9.17, 15) is 4.79 Å². The summed E-state index contributed by atoms with van der Waals surface area (Å²) < 4.78 is 5.34. The first-order valence-corrected chi connectivity index (χ1v) is 9.40. The minimum atomic E-state index is -0.355. The first-order valence-electron chi connectivity index (χ1n) is 7.83. The fourth-order valence-electron chi connectivity index (χ4n) is 2.53. The molecule has 1 saturated heterocycles. The Morgan fingerprint density at radius 2 is 2.04 bits per heavy atom. The second-order valence-electron chi connectivity index (χ2n) is 5.56. The summed E-state index contributed by atoms with van der Waals surface area (Å²) in [6, 6.07) is 4.71. The van der Waals surface area contributed by atoms with E-state index < -0.39 is 0 Å². The van der Waals surface area contributed by atoms with Crippen LogP contribution in [-0.2, 0) is 4.74 Å². The van der Waals surface area contributed by atoms with Gasteiger partial charge >= 0.3 is 0 Å². The predicted molar refractivity (Wildman–Crippen MR) is 103 cm³/mol. The molecule has 0 bridgehead atoms. The van der Waals surface area contributed by atoms with Gasteiger partial charge in [0.2, 0.25) is 5.95 Å². The van der Waals surface area contributed by atoms with Crippen molar-refractivity contribution in [2.24, 2.45) is 0 Å². The maximum atomic E-state index is 12.4. The minimum absolute atomic E-state index is 0.283. The molecule has 10 heteroatoms. The van der Waals surface area contributed by atoms with Crippen LogP contribution >= 0.6 is 34.5 Å². The number of hydrogen-bond donors (Lipinski definition) is 1. The molecule has 1 aliphatic rings. The summed E-state index contributed by atoms with van der Waals surface area (Å²) in [7, 11) is 0. The first kappa shape index (κ1) is 17.4. The number of benzene rings is 1. The molecule has 26 heavy (non-hydrogen) atoms. The SMILES string of the molecule is O=C(Nc1nc2cnc(N3CCOCC3)nc2s1)c1ccc(Cl)cc1Cl. The number of rotatable bonds is 3. The Bertz CT molecular complexity index is 974. The molecule has 0 aliphatic carbocycles. The minimum Gasteiger partial charge on any atom is -0.378 e. The lowest BCUT2D eigenvalue weighted by Gasteiger charge is -2.26. The first-order chi connectivity index (χ1) is 12.6. The van der Waals surface area contributed by atoms with E-state index in [1.165, 1.54) is 17.4 Å². The van der Waals surface area contributed by atoms with Gasteiger partial charge in [0.1, 0.15) is 5.52 Å². The number of thiazole rings is 1. The third kappa shape index (κ3) is 3.59. The van der Waals surface area contributed by atoms with Gasteiger partial charge in [-0.2, -0.15) is 4.98 Å². The molecule has 1 N–H and O–H groups in total. The maximum Gasteiger partial charge on any atom is 0.258 e. The van der Waals surface area contributed by atoms with Gasteiger partial charge in [0.25, 0.3) is 5.91 Å². The van der Waals surface area contributed by atoms with Crippen molar-refractivity contribution in [3.8, 4) is 0 Å². The molecule has 0 radical (unpaired) electrons. The normalized spacial score (nSPS) is 14.6. The van der Waals surface area contributed by atoms with Crippen LogP contribution in [0.15, 0.2) is 24.4 Å². The molecule has 1 fully saturated rings. The second kappa shape index (κ2) is 7.32. The van der Waals surface area contributed by atoms with Crippen molar-refractivity contribution < 1.29 is 9.53 Å². The number of fused-ring (bicyclic) bond motifs is 1. The fourth-order valence-corrected chi connectivity index (χ4v) is 3.83. The van der Waals surface area contributed by atoms with Gasteiger partial charge in [-0.1, -0.05) is 34.5 Å². The van der Waals surface area contributed by atoms with E-state index >= 15 is 0 Å². The highest BCUT2D eigenvalue weighted by Crippen LogP contribution is 2.27. The standard InChI is InChI=1S/C16H13Cl2N5O2S/c17-9-1-2-10(11(18)7-9)13(24)21-16-20-12-8-19-15(22-14(12)26-16)23-3-5-25-6-4-23/h1-2,7-8H,3-6H2,(H,20,21,24). The van der Waals surface area contributed by atoms with Crippen LogP contribution < -0.4 is 10.2 Å². The van der Waals surface area contributed by atoms with Gasteiger partial charge in [0, 0.05) is 18.1 Å². The molecule has 134 valence electrons. The molecular weight excluding hydrogens is 397 g/mol. The second-order valence-corrected chi connectivity index (χ2v) is 7.38. The molecule has 2 aromatic heterocycles. The van der Waals surface area contributed by atoms with Crippen LogP contribution in [0.2, 0.25) is 10.0 Å². The molecule has 1 aromatic carbocycles. The lowest BCUT2D eigenvalue weighted by atomic mass is 10.2. The van der Waals surface area contributed by atoms with Gasteiger partial charge in [0.15, 0.2) is 9.96 Å². The lowest BCUT2D eigenvalue weighted by molar-refractivity contribution is 0.102. The van der Waals surface area contributed by atoms with Crippen LogP contribution in [0.5, 0.6) is 0 Å². The molecule has 4 rings (SSSR count). The Kier molecular flexibility index (Phi) is 4.90. The number of hydrogen-bond acceptors (Lipinski definition) is 7. The molecule has 1 aliphatic heterocycles. The highest BCUT2D eigenvalue weighted by Gasteiger charge is 2.17. The summed E-state index contributed by atoms with van der Waals surface area (Å²) in [5.74, 6) is 0.287. The topological polar surface area (TPSA) is 80.2 Å². The Balaban J connectivity index is 1.56. The Morgan fingerprint density at radius 1 is 1.23 bits per heavy atom. The van der Waals surface area contributed by atoms with Crippen molar-refractivity contribution in [2.75, 3.05) is 36.5 Å². The number of carbonyl (C=O) groups is 1. The van der Waals surface area contributed by atoms with E-state index in [4.69, 9.17) is 27.9 Å². The van der Waals surface area contributed by atoms with Crippen LogP contribution in [0, 0.1) is 0 Å². The number of morpholine rings is 1. The molecule has 3 aromatic rings. The zero-order valence-electron chi connectivity index (χ0n) is 13.4.